The van der Waals surface area contributed by atoms with Gasteiger partial charge in [0.15, 0.2) is 10.2 Å². The normalized spacial score (nSPS) is 13.1. The van der Waals surface area contributed by atoms with E-state index in [-0.39, 0.29) is 0 Å². The quantitative estimate of drug-likeness (QED) is 0.539. The van der Waals surface area contributed by atoms with Gasteiger partial charge in [-0.2, -0.15) is 0 Å². The van der Waals surface area contributed by atoms with Gasteiger partial charge < -0.3 is 4.89 Å². The molecule has 0 fully saturated rings. The molecule has 0 aliphatic rings. The van der Waals surface area contributed by atoms with Crippen molar-refractivity contribution in [3.63, 3.8) is 0 Å². The van der Waals surface area contributed by atoms with Crippen molar-refractivity contribution in [3.8, 4) is 0 Å². The standard InChI is InChI=1S/C12H8NOP/c14-15-11-7-3-1-5-9(11)13-10-6-2-4-8-12(10)15/h1-8H/i1D. The summed E-state index contributed by atoms with van der Waals surface area (Å²) < 4.78 is 7.53. The number of hydrogen-bond acceptors (Lipinski definition) is 2. The molecule has 2 nitrogen and oxygen atoms in total. The average Bonchev–Trinajstić information content (AvgIpc) is 2.29. The van der Waals surface area contributed by atoms with E-state index in [1.807, 2.05) is 24.3 Å². The Balaban J connectivity index is 2.55. The summed E-state index contributed by atoms with van der Waals surface area (Å²) in [4.78, 5) is 16.7. The van der Waals surface area contributed by atoms with E-state index in [0.717, 1.165) is 15.8 Å². The SMILES string of the molecule is [2H]c1ccc2c(c1)nc1ccccc1[p+]2[O-]. The van der Waals surface area contributed by atoms with Gasteiger partial charge in [-0.25, -0.2) is 4.98 Å². The predicted molar refractivity (Wildman–Crippen MR) is 61.8 cm³/mol. The maximum absolute atomic E-state index is 12.2. The maximum atomic E-state index is 12.2. The molecule has 0 aliphatic heterocycles. The zero-order chi connectivity index (χ0) is 11.1. The van der Waals surface area contributed by atoms with Gasteiger partial charge in [0.2, 0.25) is 0 Å². The molecule has 0 saturated heterocycles. The first kappa shape index (κ1) is 7.75. The molecule has 0 aliphatic carbocycles. The highest BCUT2D eigenvalue weighted by Gasteiger charge is 2.10. The first-order valence-electron chi connectivity index (χ1n) is 5.14. The van der Waals surface area contributed by atoms with Crippen molar-refractivity contribution in [2.24, 2.45) is 0 Å². The van der Waals surface area contributed by atoms with E-state index in [1.165, 1.54) is 0 Å². The van der Waals surface area contributed by atoms with E-state index in [1.54, 1.807) is 18.2 Å². The fourth-order valence-electron chi connectivity index (χ4n) is 1.66. The number of aromatic nitrogens is 1. The van der Waals surface area contributed by atoms with Crippen LogP contribution in [0.4, 0.5) is 0 Å². The van der Waals surface area contributed by atoms with E-state index >= 15 is 0 Å². The number of nitrogens with zero attached hydrogens (tertiary/aromatic N) is 1. The molecule has 1 atom stereocenters. The summed E-state index contributed by atoms with van der Waals surface area (Å²) in [5, 5.41) is 1.51. The Labute approximate surface area is 89.4 Å². The van der Waals surface area contributed by atoms with Gasteiger partial charge in [-0.15, -0.1) is 0 Å². The summed E-state index contributed by atoms with van der Waals surface area (Å²) in [6, 6.07) is 12.9. The summed E-state index contributed by atoms with van der Waals surface area (Å²) >= 11 is 0. The molecular formula is C12H8NOP. The Morgan fingerprint density at radius 3 is 2.53 bits per heavy atom. The fraction of sp³-hybridized carbons (Fsp3) is 0. The van der Waals surface area contributed by atoms with Crippen LogP contribution in [0.3, 0.4) is 0 Å². The van der Waals surface area contributed by atoms with E-state index < -0.39 is 7.76 Å². The zero-order valence-electron chi connectivity index (χ0n) is 8.84. The molecule has 0 saturated carbocycles. The van der Waals surface area contributed by atoms with Crippen LogP contribution in [-0.4, -0.2) is 4.98 Å². The van der Waals surface area contributed by atoms with Crippen LogP contribution in [-0.2, 0) is 0 Å². The van der Waals surface area contributed by atoms with Crippen LogP contribution in [0.25, 0.3) is 21.3 Å². The second kappa shape index (κ2) is 3.27. The van der Waals surface area contributed by atoms with Crippen LogP contribution in [0.5, 0.6) is 0 Å². The molecule has 0 amide bonds. The van der Waals surface area contributed by atoms with Crippen LogP contribution in [0.15, 0.2) is 48.5 Å². The van der Waals surface area contributed by atoms with Crippen molar-refractivity contribution in [3.05, 3.63) is 48.5 Å². The van der Waals surface area contributed by atoms with E-state index in [4.69, 9.17) is 1.37 Å². The molecule has 0 spiro atoms. The largest absolute Gasteiger partial charge is 0.625 e. The molecule has 15 heavy (non-hydrogen) atoms. The number of hydrogen-bond donors (Lipinski definition) is 0. The molecule has 2 aromatic carbocycles. The van der Waals surface area contributed by atoms with Gasteiger partial charge in [0, 0.05) is 0 Å². The summed E-state index contributed by atoms with van der Waals surface area (Å²) in [5.41, 5.74) is 1.41. The Kier molecular flexibility index (Phi) is 1.69. The second-order valence-corrected chi connectivity index (χ2v) is 4.86. The average molecular weight is 214 g/mol. The van der Waals surface area contributed by atoms with E-state index in [9.17, 15) is 4.89 Å². The molecule has 3 rings (SSSR count). The van der Waals surface area contributed by atoms with E-state index in [0.29, 0.717) is 11.6 Å². The molecule has 1 unspecified atom stereocenters. The van der Waals surface area contributed by atoms with Crippen LogP contribution >= 0.6 is 7.76 Å². The van der Waals surface area contributed by atoms with Crippen LogP contribution in [0, 0.1) is 0 Å². The molecular weight excluding hydrogens is 205 g/mol. The molecule has 0 radical (unpaired) electrons. The predicted octanol–water partition coefficient (Wildman–Crippen LogP) is 2.78. The highest BCUT2D eigenvalue weighted by molar-refractivity contribution is 7.53. The van der Waals surface area contributed by atoms with Crippen molar-refractivity contribution in [1.29, 1.82) is 0 Å². The monoisotopic (exact) mass is 214 g/mol. The lowest BCUT2D eigenvalue weighted by molar-refractivity contribution is -0.148. The Bertz CT molecular complexity index is 699. The molecule has 0 bridgehead atoms. The van der Waals surface area contributed by atoms with Gasteiger partial charge in [-0.3, -0.25) is 0 Å². The number of para-hydroxylation sites is 2. The third kappa shape index (κ3) is 1.30. The smallest absolute Gasteiger partial charge is 0.171 e. The third-order valence-electron chi connectivity index (χ3n) is 2.38. The van der Waals surface area contributed by atoms with Crippen molar-refractivity contribution in [2.75, 3.05) is 0 Å². The first-order valence-corrected chi connectivity index (χ1v) is 5.90. The molecule has 1 heterocycles. The third-order valence-corrected chi connectivity index (χ3v) is 4.01. The van der Waals surface area contributed by atoms with Gasteiger partial charge in [0.05, 0.1) is 1.37 Å². The van der Waals surface area contributed by atoms with Gasteiger partial charge in [-0.1, -0.05) is 24.2 Å². The van der Waals surface area contributed by atoms with Crippen molar-refractivity contribution >= 4 is 29.0 Å². The Morgan fingerprint density at radius 2 is 1.67 bits per heavy atom. The van der Waals surface area contributed by atoms with Crippen LogP contribution in [0.2, 0.25) is 0 Å². The van der Waals surface area contributed by atoms with Crippen molar-refractivity contribution in [2.45, 2.75) is 0 Å². The molecule has 0 N–H and O–H groups in total. The van der Waals surface area contributed by atoms with Gasteiger partial charge in [-0.05, 0) is 24.3 Å². The maximum Gasteiger partial charge on any atom is 0.171 e. The molecule has 3 heteroatoms. The first-order chi connectivity index (χ1) is 7.75. The van der Waals surface area contributed by atoms with Gasteiger partial charge >= 0.3 is 0 Å². The summed E-state index contributed by atoms with van der Waals surface area (Å²) in [7, 11) is -1.56. The van der Waals surface area contributed by atoms with Crippen molar-refractivity contribution in [1.82, 2.24) is 4.98 Å². The molecule has 72 valence electrons. The Morgan fingerprint density at radius 1 is 1.00 bits per heavy atom. The highest BCUT2D eigenvalue weighted by Crippen LogP contribution is 2.36. The van der Waals surface area contributed by atoms with E-state index in [2.05, 4.69) is 4.98 Å². The summed E-state index contributed by atoms with van der Waals surface area (Å²) in [6.07, 6.45) is 0. The summed E-state index contributed by atoms with van der Waals surface area (Å²) in [5.74, 6) is 0. The lowest BCUT2D eigenvalue weighted by Crippen LogP contribution is -1.89. The second-order valence-electron chi connectivity index (χ2n) is 3.31. The summed E-state index contributed by atoms with van der Waals surface area (Å²) in [6.45, 7) is 0. The lowest BCUT2D eigenvalue weighted by Gasteiger charge is -2.01. The minimum absolute atomic E-state index is 0.394. The Hall–Kier alpha value is -1.50. The highest BCUT2D eigenvalue weighted by atomic mass is 31.1. The minimum Gasteiger partial charge on any atom is -0.625 e. The molecule has 3 aromatic rings. The fourth-order valence-corrected chi connectivity index (χ4v) is 3.01. The number of rotatable bonds is 0. The van der Waals surface area contributed by atoms with Crippen LogP contribution < -0.4 is 4.89 Å². The topological polar surface area (TPSA) is 36.0 Å². The van der Waals surface area contributed by atoms with Gasteiger partial charge in [0.1, 0.15) is 18.8 Å². The van der Waals surface area contributed by atoms with Gasteiger partial charge in [0.25, 0.3) is 0 Å². The number of fused-ring (bicyclic) bond motifs is 2. The number of benzene rings is 2. The van der Waals surface area contributed by atoms with Crippen LogP contribution in [0.1, 0.15) is 1.37 Å². The molecule has 1 aromatic heterocycles. The minimum atomic E-state index is -1.56. The zero-order valence-corrected chi connectivity index (χ0v) is 8.74. The lowest BCUT2D eigenvalue weighted by atomic mass is 10.3. The van der Waals surface area contributed by atoms with Crippen molar-refractivity contribution < 1.29 is 6.26 Å².